The normalized spacial score (nSPS) is 16.2. The molecular weight excluding hydrogens is 319 g/mol. The summed E-state index contributed by atoms with van der Waals surface area (Å²) in [4.78, 5) is 37.8. The number of halogens is 1. The summed E-state index contributed by atoms with van der Waals surface area (Å²) in [6, 6.07) is 2.76. The van der Waals surface area contributed by atoms with Crippen molar-refractivity contribution in [1.29, 1.82) is 0 Å². The zero-order valence-electron chi connectivity index (χ0n) is 13.4. The van der Waals surface area contributed by atoms with Crippen LogP contribution in [0, 0.1) is 5.82 Å². The fraction of sp³-hybridized carbons (Fsp3) is 0.400. The van der Waals surface area contributed by atoms with Crippen molar-refractivity contribution in [2.45, 2.75) is 6.04 Å². The molecule has 1 fully saturated rings. The number of hydrogen-bond donors (Lipinski definition) is 2. The predicted octanol–water partition coefficient (Wildman–Crippen LogP) is -0.457. The Labute approximate surface area is 138 Å². The number of primary amides is 1. The number of likely N-dealkylation sites (N-methyl/N-ethyl adjacent to an activating group) is 1. The maximum Gasteiger partial charge on any atom is 0.253 e. The maximum atomic E-state index is 14.3. The molecule has 0 spiro atoms. The van der Waals surface area contributed by atoms with Crippen LogP contribution in [0.25, 0.3) is 0 Å². The molecule has 0 radical (unpaired) electrons. The highest BCUT2D eigenvalue weighted by atomic mass is 19.1. The van der Waals surface area contributed by atoms with Crippen LogP contribution in [0.4, 0.5) is 15.8 Å². The molecule has 1 atom stereocenters. The smallest absolute Gasteiger partial charge is 0.253 e. The van der Waals surface area contributed by atoms with E-state index in [1.165, 1.54) is 36.0 Å². The summed E-state index contributed by atoms with van der Waals surface area (Å²) >= 11 is 0. The molecule has 0 aliphatic carbocycles. The van der Waals surface area contributed by atoms with Gasteiger partial charge in [-0.15, -0.1) is 0 Å². The number of carbonyl (C=O) groups excluding carboxylic acids is 3. The van der Waals surface area contributed by atoms with Crippen LogP contribution < -0.4 is 16.0 Å². The lowest BCUT2D eigenvalue weighted by Crippen LogP contribution is -2.48. The monoisotopic (exact) mass is 338 g/mol. The molecule has 0 unspecified atom stereocenters. The zero-order valence-corrected chi connectivity index (χ0v) is 13.4. The minimum absolute atomic E-state index is 0.0962. The van der Waals surface area contributed by atoms with Gasteiger partial charge in [-0.05, 0) is 32.3 Å². The van der Waals surface area contributed by atoms with Gasteiger partial charge in [-0.3, -0.25) is 19.3 Å². The van der Waals surface area contributed by atoms with Crippen LogP contribution in [0.1, 0.15) is 0 Å². The Morgan fingerprint density at radius 1 is 1.42 bits per heavy atom. The third-order valence-electron chi connectivity index (χ3n) is 3.53. The maximum absolute atomic E-state index is 14.3. The second-order valence-corrected chi connectivity index (χ2v) is 5.52. The third kappa shape index (κ3) is 3.87. The van der Waals surface area contributed by atoms with Gasteiger partial charge in [0.15, 0.2) is 6.04 Å². The molecule has 0 aromatic heterocycles. The fourth-order valence-corrected chi connectivity index (χ4v) is 2.41. The van der Waals surface area contributed by atoms with E-state index in [-0.39, 0.29) is 30.4 Å². The molecule has 1 heterocycles. The van der Waals surface area contributed by atoms with Gasteiger partial charge in [0.1, 0.15) is 12.4 Å². The van der Waals surface area contributed by atoms with Gasteiger partial charge in [-0.1, -0.05) is 0 Å². The molecule has 2 rings (SSSR count). The van der Waals surface area contributed by atoms with Gasteiger partial charge in [-0.2, -0.15) is 0 Å². The highest BCUT2D eigenvalue weighted by molar-refractivity contribution is 6.09. The Hall–Kier alpha value is -2.52. The highest BCUT2D eigenvalue weighted by Crippen LogP contribution is 2.24. The zero-order chi connectivity index (χ0) is 17.9. The molecule has 1 aromatic carbocycles. The van der Waals surface area contributed by atoms with Crippen LogP contribution in [-0.2, 0) is 19.1 Å². The molecule has 1 aromatic rings. The van der Waals surface area contributed by atoms with Crippen molar-refractivity contribution in [1.82, 2.24) is 4.90 Å². The van der Waals surface area contributed by atoms with Gasteiger partial charge < -0.3 is 20.7 Å². The van der Waals surface area contributed by atoms with Crippen molar-refractivity contribution < 1.29 is 23.5 Å². The van der Waals surface area contributed by atoms with E-state index in [4.69, 9.17) is 10.5 Å². The third-order valence-corrected chi connectivity index (χ3v) is 3.53. The van der Waals surface area contributed by atoms with Gasteiger partial charge in [0.05, 0.1) is 12.3 Å². The van der Waals surface area contributed by atoms with E-state index in [0.717, 1.165) is 6.07 Å². The van der Waals surface area contributed by atoms with Crippen molar-refractivity contribution in [3.05, 3.63) is 24.0 Å². The van der Waals surface area contributed by atoms with E-state index in [0.29, 0.717) is 6.61 Å². The number of morpholine rings is 1. The van der Waals surface area contributed by atoms with Gasteiger partial charge in [-0.25, -0.2) is 4.39 Å². The number of nitrogens with one attached hydrogen (secondary N) is 1. The predicted molar refractivity (Wildman–Crippen MR) is 84.9 cm³/mol. The number of amides is 3. The lowest BCUT2D eigenvalue weighted by Gasteiger charge is -2.27. The Morgan fingerprint density at radius 2 is 2.12 bits per heavy atom. The van der Waals surface area contributed by atoms with Crippen LogP contribution in [0.3, 0.4) is 0 Å². The van der Waals surface area contributed by atoms with E-state index < -0.39 is 23.7 Å². The van der Waals surface area contributed by atoms with E-state index >= 15 is 0 Å². The second-order valence-electron chi connectivity index (χ2n) is 5.52. The molecule has 130 valence electrons. The van der Waals surface area contributed by atoms with Crippen LogP contribution in [0.2, 0.25) is 0 Å². The lowest BCUT2D eigenvalue weighted by atomic mass is 10.2. The second kappa shape index (κ2) is 7.37. The Bertz CT molecular complexity index is 665. The summed E-state index contributed by atoms with van der Waals surface area (Å²) in [7, 11) is 3.06. The number of anilines is 2. The van der Waals surface area contributed by atoms with Crippen LogP contribution in [-0.4, -0.2) is 62.5 Å². The summed E-state index contributed by atoms with van der Waals surface area (Å²) in [6.07, 6.45) is 0. The lowest BCUT2D eigenvalue weighted by molar-refractivity contribution is -0.131. The SMILES string of the molecule is CN(C)[C@@H](C(N)=O)C(=O)Nc1ccc(N2CCOCC2=O)c(F)c1. The van der Waals surface area contributed by atoms with Crippen molar-refractivity contribution in [3.8, 4) is 0 Å². The molecule has 3 N–H and O–H groups in total. The van der Waals surface area contributed by atoms with Crippen LogP contribution in [0.15, 0.2) is 18.2 Å². The molecule has 0 bridgehead atoms. The van der Waals surface area contributed by atoms with E-state index in [2.05, 4.69) is 5.32 Å². The number of nitrogens with two attached hydrogens (primary N) is 1. The summed E-state index contributed by atoms with van der Waals surface area (Å²) in [5, 5.41) is 2.44. The number of rotatable bonds is 5. The minimum Gasteiger partial charge on any atom is -0.370 e. The number of benzene rings is 1. The van der Waals surface area contributed by atoms with Crippen molar-refractivity contribution >= 4 is 29.1 Å². The van der Waals surface area contributed by atoms with Crippen LogP contribution >= 0.6 is 0 Å². The average molecular weight is 338 g/mol. The van der Waals surface area contributed by atoms with E-state index in [1.54, 1.807) is 0 Å². The van der Waals surface area contributed by atoms with Crippen molar-refractivity contribution in [3.63, 3.8) is 0 Å². The first-order valence-electron chi connectivity index (χ1n) is 7.25. The van der Waals surface area contributed by atoms with Crippen LogP contribution in [0.5, 0.6) is 0 Å². The van der Waals surface area contributed by atoms with E-state index in [1.807, 2.05) is 0 Å². The highest BCUT2D eigenvalue weighted by Gasteiger charge is 2.27. The molecule has 1 aliphatic rings. The quantitative estimate of drug-likeness (QED) is 0.707. The largest absolute Gasteiger partial charge is 0.370 e. The molecule has 0 saturated carbocycles. The average Bonchev–Trinajstić information content (AvgIpc) is 2.47. The van der Waals surface area contributed by atoms with Crippen molar-refractivity contribution in [2.75, 3.05) is 44.1 Å². The Kier molecular flexibility index (Phi) is 5.47. The number of hydrogen-bond acceptors (Lipinski definition) is 5. The van der Waals surface area contributed by atoms with Gasteiger partial charge in [0.25, 0.3) is 11.8 Å². The first-order valence-corrected chi connectivity index (χ1v) is 7.25. The number of nitrogens with zero attached hydrogens (tertiary/aromatic N) is 2. The molecule has 1 aliphatic heterocycles. The number of ether oxygens (including phenoxy) is 1. The first-order chi connectivity index (χ1) is 11.3. The standard InChI is InChI=1S/C15H19FN4O4/c1-19(2)13(14(17)22)15(23)18-9-3-4-11(10(16)7-9)20-5-6-24-8-12(20)21/h3-4,7,13H,5-6,8H2,1-2H3,(H2,17,22)(H,18,23)/t13-/m0/s1. The summed E-state index contributed by atoms with van der Waals surface area (Å²) in [5.41, 5.74) is 5.46. The Balaban J connectivity index is 2.16. The van der Waals surface area contributed by atoms with Crippen molar-refractivity contribution in [2.24, 2.45) is 5.73 Å². The molecule has 8 nitrogen and oxygen atoms in total. The van der Waals surface area contributed by atoms with Gasteiger partial charge in [0.2, 0.25) is 5.91 Å². The first kappa shape index (κ1) is 17.8. The summed E-state index contributed by atoms with van der Waals surface area (Å²) in [6.45, 7) is 0.486. The Morgan fingerprint density at radius 3 is 2.67 bits per heavy atom. The molecule has 1 saturated heterocycles. The molecular formula is C15H19FN4O4. The van der Waals surface area contributed by atoms with Gasteiger partial charge >= 0.3 is 0 Å². The summed E-state index contributed by atoms with van der Waals surface area (Å²) < 4.78 is 19.3. The van der Waals surface area contributed by atoms with Gasteiger partial charge in [0, 0.05) is 12.2 Å². The molecule has 24 heavy (non-hydrogen) atoms. The molecule has 9 heteroatoms. The summed E-state index contributed by atoms with van der Waals surface area (Å²) in [5.74, 6) is -2.47. The topological polar surface area (TPSA) is 105 Å². The minimum atomic E-state index is -1.17. The number of carbonyl (C=O) groups is 3. The fourth-order valence-electron chi connectivity index (χ4n) is 2.41. The molecule has 3 amide bonds. The van der Waals surface area contributed by atoms with E-state index in [9.17, 15) is 18.8 Å².